The summed E-state index contributed by atoms with van der Waals surface area (Å²) < 4.78 is 21.1. The summed E-state index contributed by atoms with van der Waals surface area (Å²) in [5.41, 5.74) is 0. The second-order valence-corrected chi connectivity index (χ2v) is 6.13. The number of nitrogens with one attached hydrogen (secondary N) is 2. The Morgan fingerprint density at radius 2 is 1.30 bits per heavy atom. The van der Waals surface area contributed by atoms with Gasteiger partial charge in [0.1, 0.15) is 6.29 Å². The molecule has 0 aromatic heterocycles. The Kier molecular flexibility index (Phi) is 18.1. The Balaban J connectivity index is 3.23. The van der Waals surface area contributed by atoms with Crippen molar-refractivity contribution in [1.29, 1.82) is 0 Å². The molecule has 0 bridgehead atoms. The minimum atomic E-state index is -0.237. The molecule has 0 saturated heterocycles. The van der Waals surface area contributed by atoms with E-state index in [2.05, 4.69) is 10.6 Å². The topological polar surface area (TPSA) is 112 Å². The van der Waals surface area contributed by atoms with E-state index in [1.165, 1.54) is 0 Å². The quantitative estimate of drug-likeness (QED) is 0.234. The van der Waals surface area contributed by atoms with Crippen molar-refractivity contribution in [2.45, 2.75) is 26.7 Å². The zero-order chi connectivity index (χ0) is 20.2. The van der Waals surface area contributed by atoms with E-state index < -0.39 is 0 Å². The van der Waals surface area contributed by atoms with E-state index in [-0.39, 0.29) is 24.3 Å². The Morgan fingerprint density at radius 3 is 1.81 bits per heavy atom. The molecule has 0 aliphatic carbocycles. The highest BCUT2D eigenvalue weighted by Crippen LogP contribution is 1.97. The zero-order valence-electron chi connectivity index (χ0n) is 16.5. The molecular formula is C18H34N2O7. The molecule has 0 aromatic carbocycles. The van der Waals surface area contributed by atoms with E-state index in [0.717, 1.165) is 6.29 Å². The van der Waals surface area contributed by atoms with Gasteiger partial charge in [-0.2, -0.15) is 0 Å². The van der Waals surface area contributed by atoms with Crippen molar-refractivity contribution < 1.29 is 33.3 Å². The molecule has 0 heterocycles. The maximum Gasteiger partial charge on any atom is 0.239 e. The van der Waals surface area contributed by atoms with E-state index in [9.17, 15) is 14.4 Å². The summed E-state index contributed by atoms with van der Waals surface area (Å²) >= 11 is 0. The highest BCUT2D eigenvalue weighted by molar-refractivity contribution is 5.84. The number of carbonyl (C=O) groups excluding carboxylic acids is 3. The number of hydrogen-bond donors (Lipinski definition) is 2. The molecule has 0 aromatic rings. The molecule has 158 valence electrons. The van der Waals surface area contributed by atoms with Crippen LogP contribution in [0.25, 0.3) is 0 Å². The van der Waals surface area contributed by atoms with Crippen molar-refractivity contribution in [3.8, 4) is 0 Å². The van der Waals surface area contributed by atoms with Crippen LogP contribution >= 0.6 is 0 Å². The van der Waals surface area contributed by atoms with Gasteiger partial charge in [0, 0.05) is 19.4 Å². The fourth-order valence-electron chi connectivity index (χ4n) is 1.84. The van der Waals surface area contributed by atoms with Crippen LogP contribution in [0.15, 0.2) is 0 Å². The molecule has 0 rings (SSSR count). The minimum absolute atomic E-state index is 0.0171. The summed E-state index contributed by atoms with van der Waals surface area (Å²) in [6.45, 7) is 7.79. The van der Waals surface area contributed by atoms with E-state index in [1.807, 2.05) is 13.8 Å². The Morgan fingerprint density at radius 1 is 0.778 bits per heavy atom. The molecule has 0 fully saturated rings. The monoisotopic (exact) mass is 390 g/mol. The third-order valence-electron chi connectivity index (χ3n) is 3.10. The Hall–Kier alpha value is -1.55. The third-order valence-corrected chi connectivity index (χ3v) is 3.10. The fraction of sp³-hybridized carbons (Fsp3) is 0.833. The highest BCUT2D eigenvalue weighted by Gasteiger charge is 2.06. The lowest BCUT2D eigenvalue weighted by Gasteiger charge is -2.09. The van der Waals surface area contributed by atoms with Crippen molar-refractivity contribution in [3.05, 3.63) is 0 Å². The Bertz CT molecular complexity index is 392. The number of carbonyl (C=O) groups is 3. The van der Waals surface area contributed by atoms with Crippen LogP contribution in [0.2, 0.25) is 0 Å². The number of rotatable bonds is 19. The molecule has 0 spiro atoms. The van der Waals surface area contributed by atoms with Crippen LogP contribution < -0.4 is 10.6 Å². The van der Waals surface area contributed by atoms with E-state index in [4.69, 9.17) is 18.9 Å². The largest absolute Gasteiger partial charge is 0.379 e. The third kappa shape index (κ3) is 20.6. The molecule has 2 N–H and O–H groups in total. The van der Waals surface area contributed by atoms with Crippen LogP contribution in [0.3, 0.4) is 0 Å². The lowest BCUT2D eigenvalue weighted by molar-refractivity contribution is -0.126. The summed E-state index contributed by atoms with van der Waals surface area (Å²) in [5.74, 6) is -0.0920. The summed E-state index contributed by atoms with van der Waals surface area (Å²) in [6, 6.07) is 0. The van der Waals surface area contributed by atoms with Crippen molar-refractivity contribution in [3.63, 3.8) is 0 Å². The van der Waals surface area contributed by atoms with Gasteiger partial charge in [-0.25, -0.2) is 0 Å². The minimum Gasteiger partial charge on any atom is -0.379 e. The van der Waals surface area contributed by atoms with Crippen LogP contribution in [0, 0.1) is 5.92 Å². The highest BCUT2D eigenvalue weighted by atomic mass is 16.6. The maximum absolute atomic E-state index is 11.5. The van der Waals surface area contributed by atoms with Gasteiger partial charge in [0.05, 0.1) is 59.4 Å². The zero-order valence-corrected chi connectivity index (χ0v) is 16.5. The van der Waals surface area contributed by atoms with Gasteiger partial charge < -0.3 is 34.4 Å². The van der Waals surface area contributed by atoms with Gasteiger partial charge in [0.25, 0.3) is 0 Å². The molecular weight excluding hydrogens is 356 g/mol. The smallest absolute Gasteiger partial charge is 0.239 e. The first kappa shape index (κ1) is 25.4. The lowest BCUT2D eigenvalue weighted by atomic mass is 10.1. The molecule has 0 aliphatic heterocycles. The standard InChI is InChI=1S/C18H34N2O7/c1-16(2)14-17(22)20-15-18(23)19-4-7-25-9-11-27-13-12-26-10-8-24-6-3-5-21/h5,16H,3-4,6-15H2,1-2H3,(H,19,23)(H,20,22). The normalized spacial score (nSPS) is 10.8. The van der Waals surface area contributed by atoms with Crippen LogP contribution in [0.5, 0.6) is 0 Å². The van der Waals surface area contributed by atoms with Crippen LogP contribution in [-0.2, 0) is 33.3 Å². The van der Waals surface area contributed by atoms with Crippen molar-refractivity contribution in [2.75, 3.05) is 65.9 Å². The maximum atomic E-state index is 11.5. The summed E-state index contributed by atoms with van der Waals surface area (Å²) in [7, 11) is 0. The number of amides is 2. The predicted octanol–water partition coefficient (Wildman–Crippen LogP) is -0.0797. The molecule has 9 nitrogen and oxygen atoms in total. The van der Waals surface area contributed by atoms with E-state index in [1.54, 1.807) is 0 Å². The molecule has 0 atom stereocenters. The lowest BCUT2D eigenvalue weighted by Crippen LogP contribution is -2.38. The fourth-order valence-corrected chi connectivity index (χ4v) is 1.84. The molecule has 0 unspecified atom stereocenters. The first-order chi connectivity index (χ1) is 13.1. The van der Waals surface area contributed by atoms with Crippen molar-refractivity contribution in [2.24, 2.45) is 5.92 Å². The average Bonchev–Trinajstić information content (AvgIpc) is 2.62. The summed E-state index contributed by atoms with van der Waals surface area (Å²) in [5, 5.41) is 5.23. The van der Waals surface area contributed by atoms with Crippen molar-refractivity contribution in [1.82, 2.24) is 10.6 Å². The molecule has 2 amide bonds. The van der Waals surface area contributed by atoms with Crippen LogP contribution in [0.4, 0.5) is 0 Å². The van der Waals surface area contributed by atoms with Gasteiger partial charge in [-0.3, -0.25) is 9.59 Å². The number of ether oxygens (including phenoxy) is 4. The van der Waals surface area contributed by atoms with Gasteiger partial charge >= 0.3 is 0 Å². The first-order valence-corrected chi connectivity index (χ1v) is 9.34. The van der Waals surface area contributed by atoms with Gasteiger partial charge in [-0.1, -0.05) is 13.8 Å². The SMILES string of the molecule is CC(C)CC(=O)NCC(=O)NCCOCCOCCOCCOCCC=O. The second-order valence-electron chi connectivity index (χ2n) is 6.13. The van der Waals surface area contributed by atoms with Gasteiger partial charge in [-0.15, -0.1) is 0 Å². The molecule has 0 saturated carbocycles. The summed E-state index contributed by atoms with van der Waals surface area (Å²) in [6.07, 6.45) is 1.64. The molecule has 0 aliphatic rings. The first-order valence-electron chi connectivity index (χ1n) is 9.34. The van der Waals surface area contributed by atoms with Crippen molar-refractivity contribution >= 4 is 18.1 Å². The Labute approximate surface area is 161 Å². The van der Waals surface area contributed by atoms with Crippen LogP contribution in [-0.4, -0.2) is 84.0 Å². The second kappa shape index (κ2) is 19.2. The van der Waals surface area contributed by atoms with Gasteiger partial charge in [0.15, 0.2) is 0 Å². The molecule has 0 radical (unpaired) electrons. The molecule has 9 heteroatoms. The molecule has 27 heavy (non-hydrogen) atoms. The van der Waals surface area contributed by atoms with Crippen LogP contribution in [0.1, 0.15) is 26.7 Å². The van der Waals surface area contributed by atoms with Gasteiger partial charge in [-0.05, 0) is 5.92 Å². The predicted molar refractivity (Wildman–Crippen MR) is 99.4 cm³/mol. The van der Waals surface area contributed by atoms with E-state index in [0.29, 0.717) is 72.2 Å². The van der Waals surface area contributed by atoms with E-state index >= 15 is 0 Å². The summed E-state index contributed by atoms with van der Waals surface area (Å²) in [4.78, 5) is 33.0. The number of aldehydes is 1. The number of hydrogen-bond acceptors (Lipinski definition) is 7. The average molecular weight is 390 g/mol. The van der Waals surface area contributed by atoms with Gasteiger partial charge in [0.2, 0.25) is 11.8 Å².